The van der Waals surface area contributed by atoms with Gasteiger partial charge in [0.15, 0.2) is 11.5 Å². The minimum Gasteiger partial charge on any atom is -0.494 e. The minimum absolute atomic E-state index is 0.0574. The van der Waals surface area contributed by atoms with Crippen LogP contribution in [-0.4, -0.2) is 31.0 Å². The van der Waals surface area contributed by atoms with Gasteiger partial charge in [0.2, 0.25) is 6.23 Å². The Kier molecular flexibility index (Phi) is 5.82. The second-order valence-electron chi connectivity index (χ2n) is 7.95. The van der Waals surface area contributed by atoms with Crippen molar-refractivity contribution in [2.45, 2.75) is 32.5 Å². The summed E-state index contributed by atoms with van der Waals surface area (Å²) < 4.78 is 23.4. The quantitative estimate of drug-likeness (QED) is 0.465. The average molecular weight is 445 g/mol. The summed E-state index contributed by atoms with van der Waals surface area (Å²) in [5, 5.41) is 7.11. The van der Waals surface area contributed by atoms with E-state index in [4.69, 9.17) is 24.0 Å². The van der Waals surface area contributed by atoms with E-state index in [2.05, 4.69) is 23.2 Å². The largest absolute Gasteiger partial charge is 0.494 e. The first-order valence-corrected chi connectivity index (χ1v) is 11.4. The number of para-hydroxylation sites is 1. The Morgan fingerprint density at radius 3 is 2.21 bits per heavy atom. The summed E-state index contributed by atoms with van der Waals surface area (Å²) in [5.74, 6) is 3.22. The highest BCUT2D eigenvalue weighted by atomic mass is 16.5. The molecule has 33 heavy (non-hydrogen) atoms. The molecule has 3 aromatic carbocycles. The van der Waals surface area contributed by atoms with Crippen LogP contribution in [0.25, 0.3) is 0 Å². The van der Waals surface area contributed by atoms with E-state index in [1.165, 1.54) is 0 Å². The molecule has 0 radical (unpaired) electrons. The number of hydrogen-bond acceptors (Lipinski definition) is 6. The summed E-state index contributed by atoms with van der Waals surface area (Å²) in [4.78, 5) is 0. The topological polar surface area (TPSA) is 52.5 Å². The maximum atomic E-state index is 6.52. The van der Waals surface area contributed by atoms with E-state index in [0.29, 0.717) is 13.2 Å². The number of benzene rings is 3. The van der Waals surface area contributed by atoms with Crippen molar-refractivity contribution in [2.24, 2.45) is 5.10 Å². The van der Waals surface area contributed by atoms with Gasteiger partial charge >= 0.3 is 0 Å². The van der Waals surface area contributed by atoms with Crippen LogP contribution >= 0.6 is 0 Å². The second-order valence-corrected chi connectivity index (χ2v) is 7.95. The Hall–Kier alpha value is -3.67. The third-order valence-corrected chi connectivity index (χ3v) is 5.98. The number of ether oxygens (including phenoxy) is 4. The summed E-state index contributed by atoms with van der Waals surface area (Å²) in [6.45, 7) is 5.25. The number of hydrazone groups is 1. The van der Waals surface area contributed by atoms with Crippen molar-refractivity contribution in [3.05, 3.63) is 83.4 Å². The highest BCUT2D eigenvalue weighted by molar-refractivity contribution is 6.02. The van der Waals surface area contributed by atoms with Crippen LogP contribution in [0.2, 0.25) is 0 Å². The molecule has 3 aromatic rings. The van der Waals surface area contributed by atoms with E-state index in [9.17, 15) is 0 Å². The minimum atomic E-state index is -0.366. The molecule has 5 rings (SSSR count). The maximum absolute atomic E-state index is 6.52. The Bertz CT molecular complexity index is 1140. The van der Waals surface area contributed by atoms with Crippen molar-refractivity contribution >= 4 is 5.71 Å². The molecule has 6 heteroatoms. The lowest BCUT2D eigenvalue weighted by Crippen LogP contribution is -2.33. The van der Waals surface area contributed by atoms with E-state index in [1.807, 2.05) is 62.4 Å². The Morgan fingerprint density at radius 2 is 1.58 bits per heavy atom. The lowest BCUT2D eigenvalue weighted by molar-refractivity contribution is -0.0209. The molecule has 2 atom stereocenters. The molecule has 0 fully saturated rings. The average Bonchev–Trinajstić information content (AvgIpc) is 3.30. The number of rotatable bonds is 7. The summed E-state index contributed by atoms with van der Waals surface area (Å²) in [5.41, 5.74) is 4.21. The summed E-state index contributed by atoms with van der Waals surface area (Å²) in [6.07, 6.45) is 0.417. The molecule has 0 N–H and O–H groups in total. The first-order chi connectivity index (χ1) is 16.2. The first-order valence-electron chi connectivity index (χ1n) is 11.4. The fourth-order valence-electron chi connectivity index (χ4n) is 4.44. The van der Waals surface area contributed by atoms with Gasteiger partial charge in [0.1, 0.15) is 11.5 Å². The normalized spacial score (nSPS) is 18.6. The third-order valence-electron chi connectivity index (χ3n) is 5.98. The zero-order valence-electron chi connectivity index (χ0n) is 19.2. The van der Waals surface area contributed by atoms with E-state index in [0.717, 1.165) is 51.8 Å². The first kappa shape index (κ1) is 21.2. The molecule has 0 amide bonds. The van der Waals surface area contributed by atoms with E-state index < -0.39 is 0 Å². The fraction of sp³-hybridized carbons (Fsp3) is 0.296. The summed E-state index contributed by atoms with van der Waals surface area (Å²) in [6, 6.07) is 22.3. The highest BCUT2D eigenvalue weighted by Gasteiger charge is 2.42. The van der Waals surface area contributed by atoms with Crippen molar-refractivity contribution in [3.63, 3.8) is 0 Å². The predicted octanol–water partition coefficient (Wildman–Crippen LogP) is 5.73. The molecule has 2 heterocycles. The van der Waals surface area contributed by atoms with Gasteiger partial charge in [-0.15, -0.1) is 0 Å². The molecule has 0 saturated heterocycles. The van der Waals surface area contributed by atoms with Crippen molar-refractivity contribution in [1.29, 1.82) is 0 Å². The third kappa shape index (κ3) is 3.97. The van der Waals surface area contributed by atoms with Crippen LogP contribution in [0.1, 0.15) is 49.2 Å². The Labute approximate surface area is 194 Å². The number of hydrogen-bond donors (Lipinski definition) is 0. The van der Waals surface area contributed by atoms with Crippen LogP contribution < -0.4 is 18.9 Å². The van der Waals surface area contributed by atoms with Gasteiger partial charge in [0, 0.05) is 17.5 Å². The molecule has 2 aliphatic rings. The van der Waals surface area contributed by atoms with Crippen LogP contribution in [0.5, 0.6) is 23.0 Å². The van der Waals surface area contributed by atoms with Crippen LogP contribution in [0.15, 0.2) is 71.8 Å². The monoisotopic (exact) mass is 444 g/mol. The number of methoxy groups -OCH3 is 1. The lowest BCUT2D eigenvalue weighted by Gasteiger charge is -2.38. The molecule has 2 aliphatic heterocycles. The molecule has 0 aliphatic carbocycles. The highest BCUT2D eigenvalue weighted by Crippen LogP contribution is 2.50. The molecular weight excluding hydrogens is 416 g/mol. The molecule has 0 spiro atoms. The van der Waals surface area contributed by atoms with E-state index >= 15 is 0 Å². The fourth-order valence-corrected chi connectivity index (χ4v) is 4.44. The molecule has 0 aromatic heterocycles. The predicted molar refractivity (Wildman–Crippen MR) is 127 cm³/mol. The SMILES string of the molecule is CCOc1ccc(C2=NN3[C@@H](C2)c2cccc(OC)c2O[C@H]3c2ccc(OCC)cc2)cc1. The van der Waals surface area contributed by atoms with Gasteiger partial charge in [0.25, 0.3) is 0 Å². The van der Waals surface area contributed by atoms with Crippen molar-refractivity contribution in [2.75, 3.05) is 20.3 Å². The molecule has 0 saturated carbocycles. The van der Waals surface area contributed by atoms with Crippen LogP contribution in [-0.2, 0) is 0 Å². The smallest absolute Gasteiger partial charge is 0.214 e. The van der Waals surface area contributed by atoms with Gasteiger partial charge in [-0.2, -0.15) is 5.10 Å². The molecule has 170 valence electrons. The number of nitrogens with zero attached hydrogens (tertiary/aromatic N) is 2. The summed E-state index contributed by atoms with van der Waals surface area (Å²) in [7, 11) is 1.67. The van der Waals surface area contributed by atoms with Gasteiger partial charge in [-0.3, -0.25) is 0 Å². The molecular formula is C27H28N2O4. The van der Waals surface area contributed by atoms with Crippen molar-refractivity contribution < 1.29 is 18.9 Å². The van der Waals surface area contributed by atoms with Gasteiger partial charge in [-0.25, -0.2) is 5.01 Å². The Morgan fingerprint density at radius 1 is 0.909 bits per heavy atom. The van der Waals surface area contributed by atoms with Gasteiger partial charge in [-0.1, -0.05) is 12.1 Å². The van der Waals surface area contributed by atoms with Gasteiger partial charge in [-0.05, 0) is 74.0 Å². The molecule has 0 bridgehead atoms. The number of fused-ring (bicyclic) bond motifs is 3. The van der Waals surface area contributed by atoms with Crippen LogP contribution in [0.4, 0.5) is 0 Å². The second kappa shape index (κ2) is 9.06. The van der Waals surface area contributed by atoms with Gasteiger partial charge in [0.05, 0.1) is 32.1 Å². The summed E-state index contributed by atoms with van der Waals surface area (Å²) >= 11 is 0. The Balaban J connectivity index is 1.53. The molecule has 6 nitrogen and oxygen atoms in total. The van der Waals surface area contributed by atoms with E-state index in [-0.39, 0.29) is 12.3 Å². The zero-order chi connectivity index (χ0) is 22.8. The van der Waals surface area contributed by atoms with Crippen molar-refractivity contribution in [3.8, 4) is 23.0 Å². The standard InChI is InChI=1S/C27H28N2O4/c1-4-31-20-13-9-18(10-14-20)23-17-24-22-7-6-8-25(30-3)26(22)33-27(29(24)28-23)19-11-15-21(16-12-19)32-5-2/h6-16,24,27H,4-5,17H2,1-3H3/t24-,27-/m0/s1. The van der Waals surface area contributed by atoms with Gasteiger partial charge < -0.3 is 18.9 Å². The van der Waals surface area contributed by atoms with Crippen molar-refractivity contribution in [1.82, 2.24) is 5.01 Å². The maximum Gasteiger partial charge on any atom is 0.214 e. The lowest BCUT2D eigenvalue weighted by atomic mass is 9.95. The van der Waals surface area contributed by atoms with E-state index in [1.54, 1.807) is 7.11 Å². The zero-order valence-corrected chi connectivity index (χ0v) is 19.2. The van der Waals surface area contributed by atoms with Crippen LogP contribution in [0, 0.1) is 0 Å². The molecule has 0 unspecified atom stereocenters. The van der Waals surface area contributed by atoms with Crippen LogP contribution in [0.3, 0.4) is 0 Å².